The summed E-state index contributed by atoms with van der Waals surface area (Å²) in [7, 11) is 0. The van der Waals surface area contributed by atoms with Crippen LogP contribution in [-0.4, -0.2) is 47.9 Å². The Morgan fingerprint density at radius 2 is 1.81 bits per heavy atom. The fourth-order valence-corrected chi connectivity index (χ4v) is 5.00. The number of hydrogen-bond acceptors (Lipinski definition) is 7. The van der Waals surface area contributed by atoms with Gasteiger partial charge in [0, 0.05) is 31.4 Å². The molecule has 0 spiro atoms. The van der Waals surface area contributed by atoms with E-state index >= 15 is 0 Å². The Hall–Kier alpha value is -2.15. The largest absolute Gasteiger partial charge is 0.455 e. The normalized spacial score (nSPS) is 38.1. The van der Waals surface area contributed by atoms with Crippen molar-refractivity contribution in [3.63, 3.8) is 0 Å². The first kappa shape index (κ1) is 23.5. The van der Waals surface area contributed by atoms with Gasteiger partial charge in [0.05, 0.1) is 6.10 Å². The molecule has 0 radical (unpaired) electrons. The maximum absolute atomic E-state index is 12.5. The van der Waals surface area contributed by atoms with Crippen LogP contribution in [0.2, 0.25) is 0 Å². The summed E-state index contributed by atoms with van der Waals surface area (Å²) in [6.45, 7) is 10.4. The van der Waals surface area contributed by atoms with Crippen molar-refractivity contribution >= 4 is 17.9 Å². The highest BCUT2D eigenvalue weighted by Gasteiger charge is 2.53. The lowest BCUT2D eigenvalue weighted by Crippen LogP contribution is -2.52. The highest BCUT2D eigenvalue weighted by atomic mass is 16.6. The van der Waals surface area contributed by atoms with Gasteiger partial charge in [-0.25, -0.2) is 4.79 Å². The van der Waals surface area contributed by atoms with E-state index < -0.39 is 41.8 Å². The number of esters is 3. The lowest BCUT2D eigenvalue weighted by atomic mass is 9.83. The number of carbonyl (C=O) groups is 3. The monoisotopic (exact) mass is 434 g/mol. The molecule has 0 aromatic heterocycles. The molecule has 0 saturated carbocycles. The second-order valence-electron chi connectivity index (χ2n) is 9.35. The number of carbonyl (C=O) groups excluding carboxylic acids is 3. The Morgan fingerprint density at radius 3 is 2.45 bits per heavy atom. The minimum Gasteiger partial charge on any atom is -0.455 e. The van der Waals surface area contributed by atoms with Gasteiger partial charge in [-0.05, 0) is 52.4 Å². The fraction of sp³-hybridized carbons (Fsp3) is 0.708. The van der Waals surface area contributed by atoms with E-state index in [1.807, 2.05) is 13.8 Å². The molecule has 6 atom stereocenters. The highest BCUT2D eigenvalue weighted by molar-refractivity contribution is 5.92. The molecule has 31 heavy (non-hydrogen) atoms. The van der Waals surface area contributed by atoms with E-state index in [9.17, 15) is 14.4 Å². The Labute approximate surface area is 184 Å². The molecule has 3 aliphatic rings. The SMILES string of the molecule is CC(=O)O[C@@H]1C2=C(C)C(=O)O[C@H]2C/C(C)=C\CC[C@@H](C)[C@@H]2CC[C@@](C)(O2)[C@H]1OC(C)=O. The van der Waals surface area contributed by atoms with Crippen molar-refractivity contribution in [1.82, 2.24) is 0 Å². The van der Waals surface area contributed by atoms with Crippen molar-refractivity contribution in [2.24, 2.45) is 5.92 Å². The van der Waals surface area contributed by atoms with Crippen LogP contribution in [0.1, 0.15) is 73.6 Å². The van der Waals surface area contributed by atoms with Gasteiger partial charge in [-0.15, -0.1) is 0 Å². The third kappa shape index (κ3) is 5.03. The predicted molar refractivity (Wildman–Crippen MR) is 113 cm³/mol. The molecular formula is C24H34O7. The van der Waals surface area contributed by atoms with Gasteiger partial charge in [-0.2, -0.15) is 0 Å². The van der Waals surface area contributed by atoms with E-state index in [1.54, 1.807) is 6.92 Å². The van der Waals surface area contributed by atoms with Gasteiger partial charge in [0.2, 0.25) is 0 Å². The number of rotatable bonds is 2. The Kier molecular flexibility index (Phi) is 6.94. The van der Waals surface area contributed by atoms with Gasteiger partial charge in [-0.1, -0.05) is 18.6 Å². The quantitative estimate of drug-likeness (QED) is 0.371. The molecule has 3 rings (SSSR count). The summed E-state index contributed by atoms with van der Waals surface area (Å²) in [6, 6.07) is 0. The van der Waals surface area contributed by atoms with Crippen LogP contribution in [0.5, 0.6) is 0 Å². The van der Waals surface area contributed by atoms with Gasteiger partial charge < -0.3 is 18.9 Å². The molecule has 3 heterocycles. The van der Waals surface area contributed by atoms with E-state index in [0.29, 0.717) is 29.9 Å². The van der Waals surface area contributed by atoms with Crippen LogP contribution in [0.4, 0.5) is 0 Å². The number of allylic oxidation sites excluding steroid dienone is 1. The van der Waals surface area contributed by atoms with Crippen LogP contribution in [0.3, 0.4) is 0 Å². The van der Waals surface area contributed by atoms with Crippen LogP contribution < -0.4 is 0 Å². The second kappa shape index (κ2) is 9.15. The maximum Gasteiger partial charge on any atom is 0.334 e. The molecule has 0 unspecified atom stereocenters. The van der Waals surface area contributed by atoms with Crippen molar-refractivity contribution < 1.29 is 33.3 Å². The predicted octanol–water partition coefficient (Wildman–Crippen LogP) is 3.80. The summed E-state index contributed by atoms with van der Waals surface area (Å²) in [5.74, 6) is -1.13. The second-order valence-corrected chi connectivity index (χ2v) is 9.35. The van der Waals surface area contributed by atoms with Crippen molar-refractivity contribution in [2.75, 3.05) is 0 Å². The minimum absolute atomic E-state index is 0.0165. The van der Waals surface area contributed by atoms with Crippen molar-refractivity contribution in [2.45, 2.75) is 104 Å². The summed E-state index contributed by atoms with van der Waals surface area (Å²) in [4.78, 5) is 36.7. The van der Waals surface area contributed by atoms with E-state index in [4.69, 9.17) is 18.9 Å². The van der Waals surface area contributed by atoms with Gasteiger partial charge in [0.15, 0.2) is 12.2 Å². The molecule has 0 aromatic rings. The summed E-state index contributed by atoms with van der Waals surface area (Å²) in [5.41, 5.74) is 1.19. The van der Waals surface area contributed by atoms with Gasteiger partial charge in [0.1, 0.15) is 11.7 Å². The molecule has 1 fully saturated rings. The Balaban J connectivity index is 2.14. The summed E-state index contributed by atoms with van der Waals surface area (Å²) >= 11 is 0. The summed E-state index contributed by atoms with van der Waals surface area (Å²) < 4.78 is 23.7. The molecule has 7 nitrogen and oxygen atoms in total. The zero-order valence-electron chi connectivity index (χ0n) is 19.4. The van der Waals surface area contributed by atoms with Crippen LogP contribution in [-0.2, 0) is 33.3 Å². The molecule has 2 bridgehead atoms. The molecule has 3 aliphatic heterocycles. The third-order valence-corrected chi connectivity index (χ3v) is 6.71. The smallest absolute Gasteiger partial charge is 0.334 e. The Bertz CT molecular complexity index is 811. The lowest BCUT2D eigenvalue weighted by Gasteiger charge is -2.39. The standard InChI is InChI=1S/C24H34O7/c1-13-8-7-9-14(2)18-10-11-24(6,31-18)22(29-17(5)26)21(28-16(4)25)20-15(3)23(27)30-19(20)12-13/h8,14,18-19,21-22H,7,9-12H2,1-6H3/b13-8-/t14-,18+,19+,21-,22+,24-/m1/s1. The highest BCUT2D eigenvalue weighted by Crippen LogP contribution is 2.43. The van der Waals surface area contributed by atoms with Crippen LogP contribution in [0.15, 0.2) is 22.8 Å². The molecule has 0 aromatic carbocycles. The molecule has 172 valence electrons. The van der Waals surface area contributed by atoms with Crippen LogP contribution >= 0.6 is 0 Å². The molecule has 0 N–H and O–H groups in total. The van der Waals surface area contributed by atoms with E-state index in [-0.39, 0.29) is 6.10 Å². The van der Waals surface area contributed by atoms with Crippen LogP contribution in [0, 0.1) is 5.92 Å². The van der Waals surface area contributed by atoms with Crippen molar-refractivity contribution in [3.05, 3.63) is 22.8 Å². The molecule has 1 saturated heterocycles. The average Bonchev–Trinajstić information content (AvgIpc) is 3.18. The van der Waals surface area contributed by atoms with E-state index in [1.165, 1.54) is 13.8 Å². The van der Waals surface area contributed by atoms with Crippen molar-refractivity contribution in [1.29, 1.82) is 0 Å². The average molecular weight is 435 g/mol. The molecule has 0 aliphatic carbocycles. The van der Waals surface area contributed by atoms with Gasteiger partial charge >= 0.3 is 17.9 Å². The summed E-state index contributed by atoms with van der Waals surface area (Å²) in [5, 5.41) is 0. The van der Waals surface area contributed by atoms with Crippen LogP contribution in [0.25, 0.3) is 0 Å². The van der Waals surface area contributed by atoms with Gasteiger partial charge in [0.25, 0.3) is 0 Å². The van der Waals surface area contributed by atoms with Gasteiger partial charge in [-0.3, -0.25) is 9.59 Å². The number of fused-ring (bicyclic) bond motifs is 3. The van der Waals surface area contributed by atoms with E-state index in [0.717, 1.165) is 24.8 Å². The number of hydrogen-bond donors (Lipinski definition) is 0. The molecular weight excluding hydrogens is 400 g/mol. The van der Waals surface area contributed by atoms with Crippen molar-refractivity contribution in [3.8, 4) is 0 Å². The molecule has 0 amide bonds. The fourth-order valence-electron chi connectivity index (χ4n) is 5.00. The first-order valence-electron chi connectivity index (χ1n) is 11.1. The summed E-state index contributed by atoms with van der Waals surface area (Å²) in [6.07, 6.45) is 3.60. The third-order valence-electron chi connectivity index (χ3n) is 6.71. The first-order valence-corrected chi connectivity index (χ1v) is 11.1. The topological polar surface area (TPSA) is 88.1 Å². The first-order chi connectivity index (χ1) is 14.5. The Morgan fingerprint density at radius 1 is 1.13 bits per heavy atom. The number of ether oxygens (including phenoxy) is 4. The molecule has 7 heteroatoms. The minimum atomic E-state index is -0.967. The lowest BCUT2D eigenvalue weighted by molar-refractivity contribution is -0.192. The van der Waals surface area contributed by atoms with E-state index in [2.05, 4.69) is 13.0 Å². The maximum atomic E-state index is 12.5. The zero-order valence-corrected chi connectivity index (χ0v) is 19.4. The zero-order chi connectivity index (χ0) is 22.9.